The number of nitro benzene ring substituents is 1. The fourth-order valence-corrected chi connectivity index (χ4v) is 5.76. The van der Waals surface area contributed by atoms with E-state index >= 15 is 0 Å². The molecule has 1 atom stereocenters. The lowest BCUT2D eigenvalue weighted by Crippen LogP contribution is -2.50. The quantitative estimate of drug-likeness (QED) is 0.463. The maximum absolute atomic E-state index is 10.9. The number of nitro groups is 1. The number of non-ortho nitro benzene ring substituents is 1. The van der Waals surface area contributed by atoms with E-state index in [1.54, 1.807) is 12.1 Å². The molecule has 4 bridgehead atoms. The molecule has 4 heteroatoms. The molecular weight excluding hydrogens is 288 g/mol. The molecule has 4 aliphatic carbocycles. The molecule has 0 N–H and O–H groups in total. The average molecular weight is 312 g/mol. The van der Waals surface area contributed by atoms with Gasteiger partial charge in [-0.3, -0.25) is 15.1 Å². The summed E-state index contributed by atoms with van der Waals surface area (Å²) < 4.78 is 0. The largest absolute Gasteiger partial charge is 0.289 e. The first-order valence-corrected chi connectivity index (χ1v) is 8.82. The van der Waals surface area contributed by atoms with Gasteiger partial charge in [0, 0.05) is 18.3 Å². The molecule has 0 aromatic heterocycles. The summed E-state index contributed by atoms with van der Waals surface area (Å²) in [5.41, 5.74) is 1.36. The molecular formula is C19H24N2O2. The van der Waals surface area contributed by atoms with Crippen LogP contribution in [0.15, 0.2) is 29.3 Å². The Hall–Kier alpha value is -1.71. The Labute approximate surface area is 137 Å². The van der Waals surface area contributed by atoms with Gasteiger partial charge in [0.1, 0.15) is 0 Å². The summed E-state index contributed by atoms with van der Waals surface area (Å²) in [4.78, 5) is 15.4. The van der Waals surface area contributed by atoms with Crippen molar-refractivity contribution in [3.05, 3.63) is 39.9 Å². The van der Waals surface area contributed by atoms with Crippen molar-refractivity contribution in [3.63, 3.8) is 0 Å². The lowest BCUT2D eigenvalue weighted by Gasteiger charge is -2.58. The summed E-state index contributed by atoms with van der Waals surface area (Å²) in [6.07, 6.45) is 10.2. The summed E-state index contributed by atoms with van der Waals surface area (Å²) in [7, 11) is 0. The van der Waals surface area contributed by atoms with Crippen LogP contribution in [-0.2, 0) is 0 Å². The maximum atomic E-state index is 10.9. The molecule has 4 fully saturated rings. The second-order valence-electron chi connectivity index (χ2n) is 8.09. The minimum atomic E-state index is -0.347. The Morgan fingerprint density at radius 1 is 1.22 bits per heavy atom. The fourth-order valence-electron chi connectivity index (χ4n) is 5.76. The molecule has 4 saturated carbocycles. The van der Waals surface area contributed by atoms with Crippen LogP contribution in [0.1, 0.15) is 51.0 Å². The molecule has 0 saturated heterocycles. The molecule has 122 valence electrons. The third-order valence-electron chi connectivity index (χ3n) is 6.50. The third kappa shape index (κ3) is 2.68. The smallest absolute Gasteiger partial charge is 0.270 e. The van der Waals surface area contributed by atoms with Crippen molar-refractivity contribution in [2.24, 2.45) is 28.2 Å². The molecule has 23 heavy (non-hydrogen) atoms. The molecule has 0 spiro atoms. The van der Waals surface area contributed by atoms with E-state index in [1.165, 1.54) is 44.6 Å². The van der Waals surface area contributed by atoms with E-state index in [9.17, 15) is 10.1 Å². The summed E-state index contributed by atoms with van der Waals surface area (Å²) in [5.74, 6) is 2.78. The highest BCUT2D eigenvalue weighted by Gasteiger charge is 2.53. The monoisotopic (exact) mass is 312 g/mol. The second-order valence-corrected chi connectivity index (χ2v) is 8.09. The first-order valence-electron chi connectivity index (χ1n) is 8.82. The van der Waals surface area contributed by atoms with Crippen LogP contribution in [0.4, 0.5) is 5.69 Å². The molecule has 4 aliphatic rings. The number of nitrogens with zero attached hydrogens (tertiary/aromatic N) is 2. The van der Waals surface area contributed by atoms with E-state index < -0.39 is 0 Å². The van der Waals surface area contributed by atoms with E-state index in [4.69, 9.17) is 4.99 Å². The SMILES string of the molecule is CC(N=Cc1cccc([N+](=O)[O-])c1)C12CC3CC(CC(C3)C1)C2. The van der Waals surface area contributed by atoms with Crippen LogP contribution < -0.4 is 0 Å². The summed E-state index contributed by atoms with van der Waals surface area (Å²) in [5, 5.41) is 10.9. The lowest BCUT2D eigenvalue weighted by molar-refractivity contribution is -0.384. The number of hydrogen-bond acceptors (Lipinski definition) is 3. The van der Waals surface area contributed by atoms with E-state index in [2.05, 4.69) is 6.92 Å². The van der Waals surface area contributed by atoms with Crippen LogP contribution in [0.3, 0.4) is 0 Å². The van der Waals surface area contributed by atoms with Gasteiger partial charge in [0.2, 0.25) is 0 Å². The van der Waals surface area contributed by atoms with Gasteiger partial charge in [0.05, 0.1) is 11.0 Å². The Kier molecular flexibility index (Phi) is 3.51. The minimum Gasteiger partial charge on any atom is -0.289 e. The van der Waals surface area contributed by atoms with Crippen molar-refractivity contribution in [2.45, 2.75) is 51.5 Å². The van der Waals surface area contributed by atoms with Gasteiger partial charge in [0.15, 0.2) is 0 Å². The average Bonchev–Trinajstić information content (AvgIpc) is 2.51. The Morgan fingerprint density at radius 2 is 1.83 bits per heavy atom. The maximum Gasteiger partial charge on any atom is 0.270 e. The molecule has 5 rings (SSSR count). The number of benzene rings is 1. The Bertz CT molecular complexity index is 617. The topological polar surface area (TPSA) is 55.5 Å². The molecule has 0 amide bonds. The molecule has 1 aromatic rings. The molecule has 1 aromatic carbocycles. The highest BCUT2D eigenvalue weighted by Crippen LogP contribution is 2.61. The zero-order valence-electron chi connectivity index (χ0n) is 13.6. The summed E-state index contributed by atoms with van der Waals surface area (Å²) >= 11 is 0. The van der Waals surface area contributed by atoms with Crippen LogP contribution in [0.5, 0.6) is 0 Å². The van der Waals surface area contributed by atoms with E-state index in [0.717, 1.165) is 23.3 Å². The van der Waals surface area contributed by atoms with Crippen LogP contribution >= 0.6 is 0 Å². The van der Waals surface area contributed by atoms with Crippen molar-refractivity contribution in [3.8, 4) is 0 Å². The van der Waals surface area contributed by atoms with Gasteiger partial charge >= 0.3 is 0 Å². The van der Waals surface area contributed by atoms with Gasteiger partial charge in [-0.1, -0.05) is 12.1 Å². The molecule has 0 aliphatic heterocycles. The highest BCUT2D eigenvalue weighted by atomic mass is 16.6. The third-order valence-corrected chi connectivity index (χ3v) is 6.50. The van der Waals surface area contributed by atoms with E-state index in [-0.39, 0.29) is 10.6 Å². The predicted molar refractivity (Wildman–Crippen MR) is 90.8 cm³/mol. The standard InChI is InChI=1S/C19H24N2O2/c1-13(20-12-14-3-2-4-18(8-14)21(22)23)19-9-15-5-16(10-19)7-17(6-15)11-19/h2-4,8,12-13,15-17H,5-7,9-11H2,1H3. The molecule has 0 radical (unpaired) electrons. The van der Waals surface area contributed by atoms with Crippen molar-refractivity contribution >= 4 is 11.9 Å². The van der Waals surface area contributed by atoms with Gasteiger partial charge in [-0.05, 0) is 74.2 Å². The molecule has 4 nitrogen and oxygen atoms in total. The van der Waals surface area contributed by atoms with Crippen LogP contribution in [-0.4, -0.2) is 17.2 Å². The minimum absolute atomic E-state index is 0.136. The number of hydrogen-bond donors (Lipinski definition) is 0. The van der Waals surface area contributed by atoms with Crippen molar-refractivity contribution in [2.75, 3.05) is 0 Å². The van der Waals surface area contributed by atoms with Gasteiger partial charge in [0.25, 0.3) is 5.69 Å². The second kappa shape index (κ2) is 5.43. The summed E-state index contributed by atoms with van der Waals surface area (Å²) in [6, 6.07) is 7.07. The van der Waals surface area contributed by atoms with Crippen molar-refractivity contribution in [1.82, 2.24) is 0 Å². The normalized spacial score (nSPS) is 36.5. The first-order chi connectivity index (χ1) is 11.0. The van der Waals surface area contributed by atoms with Gasteiger partial charge in [-0.25, -0.2) is 0 Å². The molecule has 1 unspecified atom stereocenters. The van der Waals surface area contributed by atoms with E-state index in [1.807, 2.05) is 12.3 Å². The fraction of sp³-hybridized carbons (Fsp3) is 0.632. The van der Waals surface area contributed by atoms with Crippen LogP contribution in [0.25, 0.3) is 0 Å². The van der Waals surface area contributed by atoms with Gasteiger partial charge in [-0.15, -0.1) is 0 Å². The van der Waals surface area contributed by atoms with Crippen molar-refractivity contribution in [1.29, 1.82) is 0 Å². The zero-order valence-corrected chi connectivity index (χ0v) is 13.6. The van der Waals surface area contributed by atoms with Gasteiger partial charge in [-0.2, -0.15) is 0 Å². The Balaban J connectivity index is 1.52. The number of rotatable bonds is 4. The zero-order chi connectivity index (χ0) is 16.0. The number of aliphatic imine (C=N–C) groups is 1. The van der Waals surface area contributed by atoms with E-state index in [0.29, 0.717) is 11.5 Å². The van der Waals surface area contributed by atoms with Crippen molar-refractivity contribution < 1.29 is 4.92 Å². The van der Waals surface area contributed by atoms with Crippen LogP contribution in [0.2, 0.25) is 0 Å². The lowest BCUT2D eigenvalue weighted by atomic mass is 9.48. The predicted octanol–water partition coefficient (Wildman–Crippen LogP) is 4.62. The van der Waals surface area contributed by atoms with Crippen LogP contribution in [0, 0.1) is 33.3 Å². The Morgan fingerprint density at radius 3 is 2.39 bits per heavy atom. The summed E-state index contributed by atoms with van der Waals surface area (Å²) in [6.45, 7) is 2.25. The first kappa shape index (κ1) is 14.9. The van der Waals surface area contributed by atoms with Gasteiger partial charge < -0.3 is 0 Å². The molecule has 0 heterocycles. The highest BCUT2D eigenvalue weighted by molar-refractivity contribution is 5.80.